The van der Waals surface area contributed by atoms with Crippen LogP contribution in [0.3, 0.4) is 0 Å². The molecule has 0 aliphatic heterocycles. The van der Waals surface area contributed by atoms with Gasteiger partial charge in [0.05, 0.1) is 5.92 Å². The van der Waals surface area contributed by atoms with Gasteiger partial charge in [-0.1, -0.05) is 36.8 Å². The normalized spacial score (nSPS) is 28.6. The maximum absolute atomic E-state index is 12.7. The number of nitrogens with zero attached hydrogens (tertiary/aromatic N) is 1. The summed E-state index contributed by atoms with van der Waals surface area (Å²) in [5.41, 5.74) is 6.90. The van der Waals surface area contributed by atoms with Gasteiger partial charge in [0, 0.05) is 20.1 Å². The Morgan fingerprint density at radius 2 is 2.05 bits per heavy atom. The first-order valence-corrected chi connectivity index (χ1v) is 8.19. The Bertz CT molecular complexity index is 487. The fourth-order valence-electron chi connectivity index (χ4n) is 4.37. The third-order valence-electron chi connectivity index (χ3n) is 5.50. The molecule has 3 nitrogen and oxygen atoms in total. The van der Waals surface area contributed by atoms with E-state index in [1.807, 2.05) is 42.3 Å². The van der Waals surface area contributed by atoms with Crippen LogP contribution in [0.5, 0.6) is 0 Å². The summed E-state index contributed by atoms with van der Waals surface area (Å²) in [5, 5.41) is 0. The summed E-state index contributed by atoms with van der Waals surface area (Å²) in [6.45, 7) is 1.28. The number of benzene rings is 1. The molecule has 1 aromatic carbocycles. The molecule has 2 saturated carbocycles. The number of carbonyl (C=O) groups is 1. The van der Waals surface area contributed by atoms with Gasteiger partial charge in [-0.15, -0.1) is 0 Å². The van der Waals surface area contributed by atoms with E-state index in [-0.39, 0.29) is 11.8 Å². The molecule has 0 heterocycles. The van der Waals surface area contributed by atoms with Crippen molar-refractivity contribution in [3.05, 3.63) is 35.9 Å². The van der Waals surface area contributed by atoms with Gasteiger partial charge in [0.25, 0.3) is 0 Å². The minimum atomic E-state index is -0.199. The van der Waals surface area contributed by atoms with E-state index in [0.717, 1.165) is 23.9 Å². The SMILES string of the molecule is CN(CC1CC2CCC1C2)C(=O)C(CN)c1ccccc1. The molecule has 2 bridgehead atoms. The van der Waals surface area contributed by atoms with Crippen LogP contribution >= 0.6 is 0 Å². The van der Waals surface area contributed by atoms with E-state index in [9.17, 15) is 4.79 Å². The lowest BCUT2D eigenvalue weighted by Gasteiger charge is -2.29. The van der Waals surface area contributed by atoms with E-state index in [1.54, 1.807) is 0 Å². The van der Waals surface area contributed by atoms with Crippen molar-refractivity contribution in [2.75, 3.05) is 20.1 Å². The van der Waals surface area contributed by atoms with Crippen LogP contribution in [-0.4, -0.2) is 30.9 Å². The van der Waals surface area contributed by atoms with Gasteiger partial charge < -0.3 is 10.6 Å². The second-order valence-corrected chi connectivity index (χ2v) is 6.85. The van der Waals surface area contributed by atoms with E-state index < -0.39 is 0 Å². The molecule has 0 aromatic heterocycles. The molecule has 2 N–H and O–H groups in total. The molecule has 4 unspecified atom stereocenters. The number of rotatable bonds is 5. The molecule has 2 aliphatic rings. The number of fused-ring (bicyclic) bond motifs is 2. The number of nitrogens with two attached hydrogens (primary N) is 1. The lowest BCUT2D eigenvalue weighted by Crippen LogP contribution is -2.39. The van der Waals surface area contributed by atoms with Gasteiger partial charge in [0.1, 0.15) is 0 Å². The number of amides is 1. The molecular formula is C18H26N2O. The van der Waals surface area contributed by atoms with Crippen molar-refractivity contribution in [1.29, 1.82) is 0 Å². The maximum atomic E-state index is 12.7. The lowest BCUT2D eigenvalue weighted by atomic mass is 9.88. The topological polar surface area (TPSA) is 46.3 Å². The molecule has 3 heteroatoms. The Balaban J connectivity index is 1.63. The van der Waals surface area contributed by atoms with E-state index in [2.05, 4.69) is 0 Å². The summed E-state index contributed by atoms with van der Waals surface area (Å²) < 4.78 is 0. The van der Waals surface area contributed by atoms with E-state index in [1.165, 1.54) is 25.7 Å². The predicted molar refractivity (Wildman–Crippen MR) is 84.8 cm³/mol. The number of hydrogen-bond acceptors (Lipinski definition) is 2. The molecule has 21 heavy (non-hydrogen) atoms. The highest BCUT2D eigenvalue weighted by atomic mass is 16.2. The molecule has 0 spiro atoms. The Morgan fingerprint density at radius 1 is 1.29 bits per heavy atom. The zero-order chi connectivity index (χ0) is 14.8. The van der Waals surface area contributed by atoms with Gasteiger partial charge in [-0.3, -0.25) is 4.79 Å². The Labute approximate surface area is 127 Å². The fourth-order valence-corrected chi connectivity index (χ4v) is 4.37. The van der Waals surface area contributed by atoms with E-state index >= 15 is 0 Å². The molecule has 2 fully saturated rings. The van der Waals surface area contributed by atoms with Crippen LogP contribution in [-0.2, 0) is 4.79 Å². The average molecular weight is 286 g/mol. The number of carbonyl (C=O) groups excluding carboxylic acids is 1. The summed E-state index contributed by atoms with van der Waals surface area (Å²) in [7, 11) is 1.94. The minimum absolute atomic E-state index is 0.173. The Kier molecular flexibility index (Phi) is 4.29. The van der Waals surface area contributed by atoms with Crippen LogP contribution in [0.4, 0.5) is 0 Å². The van der Waals surface area contributed by atoms with E-state index in [4.69, 9.17) is 5.73 Å². The summed E-state index contributed by atoms with van der Waals surface area (Å²) >= 11 is 0. The monoisotopic (exact) mass is 286 g/mol. The molecule has 4 atom stereocenters. The predicted octanol–water partition coefficient (Wildman–Crippen LogP) is 2.62. The van der Waals surface area contributed by atoms with Crippen molar-refractivity contribution in [3.8, 4) is 0 Å². The number of likely N-dealkylation sites (N-methyl/N-ethyl adjacent to an activating group) is 1. The first-order chi connectivity index (χ1) is 10.2. The van der Waals surface area contributed by atoms with Crippen molar-refractivity contribution in [1.82, 2.24) is 4.90 Å². The molecule has 0 radical (unpaired) electrons. The second-order valence-electron chi connectivity index (χ2n) is 6.85. The fraction of sp³-hybridized carbons (Fsp3) is 0.611. The minimum Gasteiger partial charge on any atom is -0.345 e. The first-order valence-electron chi connectivity index (χ1n) is 8.19. The second kappa shape index (κ2) is 6.18. The molecule has 1 aromatic rings. The summed E-state index contributed by atoms with van der Waals surface area (Å²) in [6, 6.07) is 9.92. The van der Waals surface area contributed by atoms with Crippen LogP contribution in [0.15, 0.2) is 30.3 Å². The van der Waals surface area contributed by atoms with Crippen molar-refractivity contribution >= 4 is 5.91 Å². The zero-order valence-electron chi connectivity index (χ0n) is 12.9. The van der Waals surface area contributed by atoms with Crippen LogP contribution in [0, 0.1) is 17.8 Å². The van der Waals surface area contributed by atoms with Crippen LogP contribution < -0.4 is 5.73 Å². The van der Waals surface area contributed by atoms with Gasteiger partial charge >= 0.3 is 0 Å². The van der Waals surface area contributed by atoms with Crippen LogP contribution in [0.1, 0.15) is 37.2 Å². The van der Waals surface area contributed by atoms with Crippen molar-refractivity contribution in [3.63, 3.8) is 0 Å². The quantitative estimate of drug-likeness (QED) is 0.904. The van der Waals surface area contributed by atoms with Crippen LogP contribution in [0.25, 0.3) is 0 Å². The van der Waals surface area contributed by atoms with Crippen molar-refractivity contribution in [2.24, 2.45) is 23.5 Å². The van der Waals surface area contributed by atoms with E-state index in [0.29, 0.717) is 12.5 Å². The van der Waals surface area contributed by atoms with Gasteiger partial charge in [-0.05, 0) is 42.6 Å². The van der Waals surface area contributed by atoms with Crippen molar-refractivity contribution in [2.45, 2.75) is 31.6 Å². The molecule has 114 valence electrons. The standard InChI is InChI=1S/C18H26N2O/c1-20(12-16-10-13-7-8-15(16)9-13)18(21)17(11-19)14-5-3-2-4-6-14/h2-6,13,15-17H,7-12,19H2,1H3. The van der Waals surface area contributed by atoms with Crippen molar-refractivity contribution < 1.29 is 4.79 Å². The highest BCUT2D eigenvalue weighted by Gasteiger charge is 2.40. The number of hydrogen-bond donors (Lipinski definition) is 1. The smallest absolute Gasteiger partial charge is 0.231 e. The average Bonchev–Trinajstić information content (AvgIpc) is 3.11. The Hall–Kier alpha value is -1.35. The third-order valence-corrected chi connectivity index (χ3v) is 5.50. The lowest BCUT2D eigenvalue weighted by molar-refractivity contribution is -0.132. The third kappa shape index (κ3) is 2.98. The van der Waals surface area contributed by atoms with Gasteiger partial charge in [-0.25, -0.2) is 0 Å². The molecule has 0 saturated heterocycles. The van der Waals surface area contributed by atoms with Gasteiger partial charge in [-0.2, -0.15) is 0 Å². The largest absolute Gasteiger partial charge is 0.345 e. The zero-order valence-corrected chi connectivity index (χ0v) is 12.9. The summed E-state index contributed by atoms with van der Waals surface area (Å²) in [4.78, 5) is 14.6. The summed E-state index contributed by atoms with van der Waals surface area (Å²) in [6.07, 6.45) is 5.50. The van der Waals surface area contributed by atoms with Gasteiger partial charge in [0.15, 0.2) is 0 Å². The summed E-state index contributed by atoms with van der Waals surface area (Å²) in [5.74, 6) is 2.48. The van der Waals surface area contributed by atoms with Crippen LogP contribution in [0.2, 0.25) is 0 Å². The maximum Gasteiger partial charge on any atom is 0.231 e. The molecule has 2 aliphatic carbocycles. The highest BCUT2D eigenvalue weighted by molar-refractivity contribution is 5.83. The Morgan fingerprint density at radius 3 is 2.62 bits per heavy atom. The molecular weight excluding hydrogens is 260 g/mol. The first kappa shape index (κ1) is 14.6. The molecule has 1 amide bonds. The van der Waals surface area contributed by atoms with Gasteiger partial charge in [0.2, 0.25) is 5.91 Å². The highest BCUT2D eigenvalue weighted by Crippen LogP contribution is 2.48. The molecule has 3 rings (SSSR count).